The smallest absolute Gasteiger partial charge is 0.262 e. The molecule has 1 N–H and O–H groups in total. The molecule has 0 saturated heterocycles. The summed E-state index contributed by atoms with van der Waals surface area (Å²) in [6, 6.07) is 8.02. The van der Waals surface area contributed by atoms with E-state index in [0.29, 0.717) is 18.5 Å². The summed E-state index contributed by atoms with van der Waals surface area (Å²) < 4.78 is 1.66. The average Bonchev–Trinajstić information content (AvgIpc) is 3.08. The number of hydrogen-bond donors (Lipinski definition) is 1. The van der Waals surface area contributed by atoms with E-state index in [-0.39, 0.29) is 5.56 Å². The maximum atomic E-state index is 12.4. The molecule has 0 aliphatic heterocycles. The first kappa shape index (κ1) is 15.8. The quantitative estimate of drug-likeness (QED) is 0.609. The number of fused-ring (bicyclic) bond motifs is 2. The second-order valence-electron chi connectivity index (χ2n) is 6.10. The van der Waals surface area contributed by atoms with Gasteiger partial charge in [-0.05, 0) is 36.4 Å². The molecule has 3 heterocycles. The molecular formula is C19H18N4OS. The van der Waals surface area contributed by atoms with Crippen LogP contribution in [0.4, 0.5) is 5.69 Å². The molecule has 126 valence electrons. The van der Waals surface area contributed by atoms with Gasteiger partial charge in [0.1, 0.15) is 4.83 Å². The van der Waals surface area contributed by atoms with Crippen LogP contribution in [-0.4, -0.2) is 21.1 Å². The number of pyridine rings is 1. The highest BCUT2D eigenvalue weighted by Crippen LogP contribution is 2.27. The van der Waals surface area contributed by atoms with E-state index in [9.17, 15) is 4.79 Å². The first-order valence-electron chi connectivity index (χ1n) is 8.16. The molecule has 1 aromatic carbocycles. The highest BCUT2D eigenvalue weighted by Gasteiger charge is 2.08. The lowest BCUT2D eigenvalue weighted by Crippen LogP contribution is -2.23. The molecule has 25 heavy (non-hydrogen) atoms. The molecule has 0 fully saturated rings. The second kappa shape index (κ2) is 6.29. The van der Waals surface area contributed by atoms with Gasteiger partial charge in [-0.1, -0.05) is 18.2 Å². The van der Waals surface area contributed by atoms with E-state index in [2.05, 4.69) is 34.3 Å². The molecule has 4 aromatic rings. The summed E-state index contributed by atoms with van der Waals surface area (Å²) in [5.74, 6) is 0. The van der Waals surface area contributed by atoms with Crippen LogP contribution in [0.1, 0.15) is 11.1 Å². The molecule has 6 heteroatoms. The monoisotopic (exact) mass is 350 g/mol. The molecule has 4 rings (SSSR count). The van der Waals surface area contributed by atoms with Crippen molar-refractivity contribution in [1.82, 2.24) is 14.5 Å². The normalized spacial score (nSPS) is 11.3. The summed E-state index contributed by atoms with van der Waals surface area (Å²) in [7, 11) is 0. The van der Waals surface area contributed by atoms with E-state index < -0.39 is 0 Å². The van der Waals surface area contributed by atoms with Gasteiger partial charge in [0.05, 0.1) is 17.2 Å². The highest BCUT2D eigenvalue weighted by atomic mass is 32.1. The third-order valence-corrected chi connectivity index (χ3v) is 5.21. The lowest BCUT2D eigenvalue weighted by molar-refractivity contribution is 0.690. The predicted molar refractivity (Wildman–Crippen MR) is 104 cm³/mol. The van der Waals surface area contributed by atoms with Crippen LogP contribution in [0.25, 0.3) is 21.1 Å². The van der Waals surface area contributed by atoms with E-state index in [1.54, 1.807) is 10.9 Å². The molecule has 0 unspecified atom stereocenters. The summed E-state index contributed by atoms with van der Waals surface area (Å²) >= 11 is 1.49. The van der Waals surface area contributed by atoms with Crippen LogP contribution in [0.5, 0.6) is 0 Å². The fraction of sp³-hybridized carbons (Fsp3) is 0.211. The van der Waals surface area contributed by atoms with Gasteiger partial charge < -0.3 is 5.32 Å². The van der Waals surface area contributed by atoms with E-state index in [1.165, 1.54) is 11.3 Å². The third kappa shape index (κ3) is 2.78. The van der Waals surface area contributed by atoms with Gasteiger partial charge in [-0.3, -0.25) is 14.3 Å². The summed E-state index contributed by atoms with van der Waals surface area (Å²) in [6.45, 7) is 5.32. The number of aryl methyl sites for hydroxylation is 2. The Morgan fingerprint density at radius 1 is 1.12 bits per heavy atom. The molecule has 0 spiro atoms. The van der Waals surface area contributed by atoms with Crippen LogP contribution in [-0.2, 0) is 6.54 Å². The molecule has 0 radical (unpaired) electrons. The second-order valence-corrected chi connectivity index (χ2v) is 6.99. The molecule has 0 amide bonds. The summed E-state index contributed by atoms with van der Waals surface area (Å²) in [4.78, 5) is 22.1. The Hall–Kier alpha value is -2.73. The minimum atomic E-state index is 0.0141. The molecule has 0 aliphatic rings. The number of para-hydroxylation sites is 1. The Morgan fingerprint density at radius 2 is 2.00 bits per heavy atom. The third-order valence-electron chi connectivity index (χ3n) is 4.39. The lowest BCUT2D eigenvalue weighted by Gasteiger charge is -2.14. The zero-order valence-corrected chi connectivity index (χ0v) is 14.9. The summed E-state index contributed by atoms with van der Waals surface area (Å²) in [6.07, 6.45) is 3.52. The topological polar surface area (TPSA) is 59.8 Å². The Balaban J connectivity index is 1.60. The predicted octanol–water partition coefficient (Wildman–Crippen LogP) is 3.74. The maximum Gasteiger partial charge on any atom is 0.262 e. The highest BCUT2D eigenvalue weighted by molar-refractivity contribution is 7.16. The minimum absolute atomic E-state index is 0.0141. The van der Waals surface area contributed by atoms with Crippen molar-refractivity contribution >= 4 is 38.1 Å². The Morgan fingerprint density at radius 3 is 2.88 bits per heavy atom. The van der Waals surface area contributed by atoms with Gasteiger partial charge >= 0.3 is 0 Å². The van der Waals surface area contributed by atoms with Crippen molar-refractivity contribution in [3.05, 3.63) is 63.7 Å². The van der Waals surface area contributed by atoms with Crippen LogP contribution in [0.3, 0.4) is 0 Å². The van der Waals surface area contributed by atoms with Crippen LogP contribution < -0.4 is 10.9 Å². The van der Waals surface area contributed by atoms with Gasteiger partial charge in [0, 0.05) is 30.4 Å². The maximum absolute atomic E-state index is 12.4. The standard InChI is InChI=1S/C19H18N4OS/c1-12-4-3-5-14-16(12)21-10-13(2)17(14)20-7-8-23-11-22-18-15(19(23)24)6-9-25-18/h3-6,9-11H,7-8H2,1-2H3,(H,20,21). The minimum Gasteiger partial charge on any atom is -0.382 e. The SMILES string of the molecule is Cc1cnc2c(C)cccc2c1NCCn1cnc2sccc2c1=O. The number of hydrogen-bond acceptors (Lipinski definition) is 5. The van der Waals surface area contributed by atoms with Crippen molar-refractivity contribution < 1.29 is 0 Å². The Bertz CT molecular complexity index is 1130. The zero-order valence-electron chi connectivity index (χ0n) is 14.1. The van der Waals surface area contributed by atoms with Crippen molar-refractivity contribution in [3.63, 3.8) is 0 Å². The van der Waals surface area contributed by atoms with Gasteiger partial charge in [0.25, 0.3) is 5.56 Å². The number of nitrogens with zero attached hydrogens (tertiary/aromatic N) is 3. The Labute approximate surface area is 149 Å². The van der Waals surface area contributed by atoms with Crippen molar-refractivity contribution in [2.24, 2.45) is 0 Å². The van der Waals surface area contributed by atoms with E-state index in [1.807, 2.05) is 30.6 Å². The molecule has 5 nitrogen and oxygen atoms in total. The number of anilines is 1. The van der Waals surface area contributed by atoms with Gasteiger partial charge in [-0.25, -0.2) is 4.98 Å². The van der Waals surface area contributed by atoms with Gasteiger partial charge in [-0.2, -0.15) is 0 Å². The molecule has 0 bridgehead atoms. The molecule has 0 saturated carbocycles. The van der Waals surface area contributed by atoms with Crippen LogP contribution >= 0.6 is 11.3 Å². The van der Waals surface area contributed by atoms with Crippen molar-refractivity contribution in [1.29, 1.82) is 0 Å². The van der Waals surface area contributed by atoms with Crippen molar-refractivity contribution in [2.45, 2.75) is 20.4 Å². The van der Waals surface area contributed by atoms with E-state index in [0.717, 1.165) is 32.5 Å². The Kier molecular flexibility index (Phi) is 3.97. The molecular weight excluding hydrogens is 332 g/mol. The zero-order chi connectivity index (χ0) is 17.4. The van der Waals surface area contributed by atoms with Crippen LogP contribution in [0, 0.1) is 13.8 Å². The fourth-order valence-electron chi connectivity index (χ4n) is 3.06. The van der Waals surface area contributed by atoms with Crippen molar-refractivity contribution in [3.8, 4) is 0 Å². The largest absolute Gasteiger partial charge is 0.382 e. The van der Waals surface area contributed by atoms with Gasteiger partial charge in [-0.15, -0.1) is 11.3 Å². The lowest BCUT2D eigenvalue weighted by atomic mass is 10.1. The number of aromatic nitrogens is 3. The van der Waals surface area contributed by atoms with Gasteiger partial charge in [0.2, 0.25) is 0 Å². The van der Waals surface area contributed by atoms with E-state index >= 15 is 0 Å². The summed E-state index contributed by atoms with van der Waals surface area (Å²) in [5.41, 5.74) is 4.35. The molecule has 3 aromatic heterocycles. The number of benzene rings is 1. The van der Waals surface area contributed by atoms with Crippen molar-refractivity contribution in [2.75, 3.05) is 11.9 Å². The fourth-order valence-corrected chi connectivity index (χ4v) is 3.78. The average molecular weight is 350 g/mol. The van der Waals surface area contributed by atoms with Crippen LogP contribution in [0.15, 0.2) is 47.0 Å². The van der Waals surface area contributed by atoms with Gasteiger partial charge in [0.15, 0.2) is 0 Å². The first-order chi connectivity index (χ1) is 12.1. The molecule has 0 atom stereocenters. The number of nitrogens with one attached hydrogen (secondary N) is 1. The first-order valence-corrected chi connectivity index (χ1v) is 9.04. The summed E-state index contributed by atoms with van der Waals surface area (Å²) in [5, 5.41) is 7.17. The van der Waals surface area contributed by atoms with E-state index in [4.69, 9.17) is 0 Å². The van der Waals surface area contributed by atoms with Crippen LogP contribution in [0.2, 0.25) is 0 Å². The number of thiophene rings is 1. The molecule has 0 aliphatic carbocycles. The number of rotatable bonds is 4.